The monoisotopic (exact) mass is 393 g/mol. The number of rotatable bonds is 7. The number of hydrogen-bond acceptors (Lipinski definition) is 4. The number of halogens is 1. The topological polar surface area (TPSA) is 44.8 Å². The van der Waals surface area contributed by atoms with E-state index in [-0.39, 0.29) is 18.0 Å². The first-order valence-electron chi connectivity index (χ1n) is 10.3. The van der Waals surface area contributed by atoms with Crippen LogP contribution in [-0.4, -0.2) is 67.7 Å². The molecule has 1 N–H and O–H groups in total. The number of amides is 1. The van der Waals surface area contributed by atoms with Crippen molar-refractivity contribution in [2.45, 2.75) is 44.7 Å². The Hall–Kier alpha value is -1.14. The number of hydrogen-bond donors (Lipinski definition) is 1. The van der Waals surface area contributed by atoms with Crippen molar-refractivity contribution >= 4 is 17.5 Å². The van der Waals surface area contributed by atoms with Crippen molar-refractivity contribution in [1.29, 1.82) is 0 Å². The minimum Gasteiger partial charge on any atom is -0.379 e. The minimum absolute atomic E-state index is 0.00952. The predicted octanol–water partition coefficient (Wildman–Crippen LogP) is 3.09. The van der Waals surface area contributed by atoms with Crippen molar-refractivity contribution in [2.75, 3.05) is 45.9 Å². The van der Waals surface area contributed by atoms with Gasteiger partial charge in [-0.3, -0.25) is 14.6 Å². The maximum Gasteiger partial charge on any atom is 0.237 e. The molecule has 27 heavy (non-hydrogen) atoms. The molecule has 2 heterocycles. The highest BCUT2D eigenvalue weighted by molar-refractivity contribution is 6.31. The lowest BCUT2D eigenvalue weighted by atomic mass is 10.00. The van der Waals surface area contributed by atoms with Crippen LogP contribution in [0.15, 0.2) is 24.3 Å². The molecule has 0 spiro atoms. The van der Waals surface area contributed by atoms with E-state index in [0.29, 0.717) is 6.54 Å². The summed E-state index contributed by atoms with van der Waals surface area (Å²) in [5.74, 6) is 0.161. The molecule has 3 rings (SSSR count). The van der Waals surface area contributed by atoms with Gasteiger partial charge in [-0.1, -0.05) is 43.1 Å². The molecule has 5 nitrogen and oxygen atoms in total. The van der Waals surface area contributed by atoms with Crippen molar-refractivity contribution in [2.24, 2.45) is 0 Å². The molecule has 2 atom stereocenters. The average molecular weight is 394 g/mol. The summed E-state index contributed by atoms with van der Waals surface area (Å²) in [6.45, 7) is 7.95. The Morgan fingerprint density at radius 2 is 2.04 bits per heavy atom. The van der Waals surface area contributed by atoms with Gasteiger partial charge >= 0.3 is 0 Å². The molecule has 0 saturated carbocycles. The largest absolute Gasteiger partial charge is 0.379 e. The van der Waals surface area contributed by atoms with E-state index < -0.39 is 0 Å². The van der Waals surface area contributed by atoms with Crippen molar-refractivity contribution in [3.05, 3.63) is 34.9 Å². The fourth-order valence-corrected chi connectivity index (χ4v) is 4.49. The lowest BCUT2D eigenvalue weighted by molar-refractivity contribution is -0.128. The lowest BCUT2D eigenvalue weighted by Crippen LogP contribution is -2.51. The van der Waals surface area contributed by atoms with Gasteiger partial charge < -0.3 is 10.1 Å². The van der Waals surface area contributed by atoms with Crippen LogP contribution in [0.5, 0.6) is 0 Å². The number of likely N-dealkylation sites (tertiary alicyclic amines) is 1. The molecule has 1 aromatic rings. The molecule has 150 valence electrons. The third-order valence-corrected chi connectivity index (χ3v) is 5.99. The molecule has 2 saturated heterocycles. The fraction of sp³-hybridized carbons (Fsp3) is 0.667. The molecular weight excluding hydrogens is 362 g/mol. The van der Waals surface area contributed by atoms with Gasteiger partial charge in [-0.05, 0) is 44.0 Å². The first kappa shape index (κ1) is 20.6. The second-order valence-corrected chi connectivity index (χ2v) is 7.89. The second-order valence-electron chi connectivity index (χ2n) is 7.48. The van der Waals surface area contributed by atoms with Crippen LogP contribution in [0.1, 0.15) is 44.2 Å². The van der Waals surface area contributed by atoms with E-state index in [2.05, 4.69) is 28.1 Å². The average Bonchev–Trinajstić information content (AvgIpc) is 2.71. The van der Waals surface area contributed by atoms with Crippen LogP contribution in [-0.2, 0) is 9.53 Å². The van der Waals surface area contributed by atoms with Crippen LogP contribution in [0.25, 0.3) is 0 Å². The third-order valence-electron chi connectivity index (χ3n) is 5.65. The van der Waals surface area contributed by atoms with Gasteiger partial charge in [-0.15, -0.1) is 0 Å². The molecule has 2 unspecified atom stereocenters. The molecule has 1 aromatic carbocycles. The summed E-state index contributed by atoms with van der Waals surface area (Å²) in [6, 6.07) is 8.05. The van der Waals surface area contributed by atoms with Gasteiger partial charge in [0.25, 0.3) is 0 Å². The zero-order valence-corrected chi connectivity index (χ0v) is 17.1. The quantitative estimate of drug-likeness (QED) is 0.773. The minimum atomic E-state index is 0.00952. The number of carbonyl (C=O) groups is 1. The number of morpholine rings is 1. The SMILES string of the molecule is CCCN1CCCCC1C(=O)NCC(c1ccccc1Cl)N1CCOCC1. The fourth-order valence-electron chi connectivity index (χ4n) is 4.23. The summed E-state index contributed by atoms with van der Waals surface area (Å²) in [6.07, 6.45) is 4.37. The van der Waals surface area contributed by atoms with Gasteiger partial charge in [-0.25, -0.2) is 0 Å². The zero-order valence-electron chi connectivity index (χ0n) is 16.3. The zero-order chi connectivity index (χ0) is 19.1. The molecule has 2 aliphatic rings. The first-order chi connectivity index (χ1) is 13.2. The summed E-state index contributed by atoms with van der Waals surface area (Å²) in [4.78, 5) is 17.7. The normalized spacial score (nSPS) is 23.1. The van der Waals surface area contributed by atoms with Crippen molar-refractivity contribution in [3.8, 4) is 0 Å². The summed E-state index contributed by atoms with van der Waals surface area (Å²) in [7, 11) is 0. The molecule has 2 aliphatic heterocycles. The Balaban J connectivity index is 1.68. The highest BCUT2D eigenvalue weighted by atomic mass is 35.5. The standard InChI is InChI=1S/C21H32ClN3O2/c1-2-10-24-11-6-5-9-19(24)21(26)23-16-20(25-12-14-27-15-13-25)17-7-3-4-8-18(17)22/h3-4,7-8,19-20H,2,5-6,9-16H2,1H3,(H,23,26). The molecule has 2 fully saturated rings. The lowest BCUT2D eigenvalue weighted by Gasteiger charge is -2.37. The number of ether oxygens (including phenoxy) is 1. The summed E-state index contributed by atoms with van der Waals surface area (Å²) < 4.78 is 5.51. The summed E-state index contributed by atoms with van der Waals surface area (Å²) in [5, 5.41) is 4.00. The van der Waals surface area contributed by atoms with Crippen LogP contribution >= 0.6 is 11.6 Å². The van der Waals surface area contributed by atoms with E-state index in [0.717, 1.165) is 69.2 Å². The van der Waals surface area contributed by atoms with Gasteiger partial charge in [0.15, 0.2) is 0 Å². The summed E-state index contributed by atoms with van der Waals surface area (Å²) in [5.41, 5.74) is 1.08. The predicted molar refractivity (Wildman–Crippen MR) is 109 cm³/mol. The third kappa shape index (κ3) is 5.44. The highest BCUT2D eigenvalue weighted by Crippen LogP contribution is 2.28. The molecular formula is C21H32ClN3O2. The smallest absolute Gasteiger partial charge is 0.237 e. The van der Waals surface area contributed by atoms with Crippen molar-refractivity contribution in [3.63, 3.8) is 0 Å². The molecule has 0 aliphatic carbocycles. The number of benzene rings is 1. The second kappa shape index (κ2) is 10.4. The van der Waals surface area contributed by atoms with Crippen molar-refractivity contribution < 1.29 is 9.53 Å². The number of nitrogens with zero attached hydrogens (tertiary/aromatic N) is 2. The highest BCUT2D eigenvalue weighted by Gasteiger charge is 2.30. The van der Waals surface area contributed by atoms with Gasteiger partial charge in [0.1, 0.15) is 0 Å². The van der Waals surface area contributed by atoms with Gasteiger partial charge in [0.05, 0.1) is 25.3 Å². The van der Waals surface area contributed by atoms with E-state index in [9.17, 15) is 4.79 Å². The number of nitrogens with one attached hydrogen (secondary N) is 1. The molecule has 1 amide bonds. The van der Waals surface area contributed by atoms with E-state index in [1.54, 1.807) is 0 Å². The van der Waals surface area contributed by atoms with Crippen molar-refractivity contribution in [1.82, 2.24) is 15.1 Å². The Morgan fingerprint density at radius 1 is 1.26 bits per heavy atom. The maximum absolute atomic E-state index is 13.0. The van der Waals surface area contributed by atoms with E-state index in [1.165, 1.54) is 6.42 Å². The van der Waals surface area contributed by atoms with Gasteiger partial charge in [0.2, 0.25) is 5.91 Å². The van der Waals surface area contributed by atoms with Gasteiger partial charge in [0, 0.05) is 24.7 Å². The number of piperidine rings is 1. The van der Waals surface area contributed by atoms with Crippen LogP contribution in [0.3, 0.4) is 0 Å². The molecule has 0 radical (unpaired) electrons. The first-order valence-corrected chi connectivity index (χ1v) is 10.7. The van der Waals surface area contributed by atoms with Crippen LogP contribution in [0.2, 0.25) is 5.02 Å². The molecule has 0 aromatic heterocycles. The van der Waals surface area contributed by atoms with E-state index in [4.69, 9.17) is 16.3 Å². The van der Waals surface area contributed by atoms with Gasteiger partial charge in [-0.2, -0.15) is 0 Å². The maximum atomic E-state index is 13.0. The van der Waals surface area contributed by atoms with Crippen LogP contribution in [0, 0.1) is 0 Å². The Morgan fingerprint density at radius 3 is 2.78 bits per heavy atom. The Labute approximate surface area is 168 Å². The van der Waals surface area contributed by atoms with E-state index >= 15 is 0 Å². The molecule has 0 bridgehead atoms. The Bertz CT molecular complexity index is 605. The number of carbonyl (C=O) groups excluding carboxylic acids is 1. The Kier molecular flexibility index (Phi) is 7.94. The molecule has 6 heteroatoms. The van der Waals surface area contributed by atoms with Crippen LogP contribution < -0.4 is 5.32 Å². The summed E-state index contributed by atoms with van der Waals surface area (Å²) >= 11 is 6.49. The van der Waals surface area contributed by atoms with Crippen LogP contribution in [0.4, 0.5) is 0 Å². The van der Waals surface area contributed by atoms with E-state index in [1.807, 2.05) is 18.2 Å².